The zero-order valence-electron chi connectivity index (χ0n) is 17.3. The third kappa shape index (κ3) is 5.87. The van der Waals surface area contributed by atoms with Crippen LogP contribution < -0.4 is 14.9 Å². The fourth-order valence-corrected chi connectivity index (χ4v) is 4.15. The number of hydrazone groups is 1. The molecule has 168 valence electrons. The second-order valence-electron chi connectivity index (χ2n) is 6.94. The molecule has 0 spiro atoms. The van der Waals surface area contributed by atoms with Crippen molar-refractivity contribution < 1.29 is 18.7 Å². The normalized spacial score (nSPS) is 11.2. The van der Waals surface area contributed by atoms with Gasteiger partial charge in [0.05, 0.1) is 17.8 Å². The summed E-state index contributed by atoms with van der Waals surface area (Å²) in [6.07, 6.45) is 1.51. The number of halogens is 3. The van der Waals surface area contributed by atoms with Crippen LogP contribution in [0.25, 0.3) is 11.0 Å². The molecular formula is C24H17BrClIN2O4. The van der Waals surface area contributed by atoms with Gasteiger partial charge in [-0.05, 0) is 98.2 Å². The number of nitrogens with one attached hydrogen (secondary N) is 1. The number of amides is 1. The maximum Gasteiger partial charge on any atom is 0.307 e. The molecule has 33 heavy (non-hydrogen) atoms. The van der Waals surface area contributed by atoms with Crippen molar-refractivity contribution in [1.82, 2.24) is 5.43 Å². The van der Waals surface area contributed by atoms with Crippen LogP contribution in [0.15, 0.2) is 74.7 Å². The average molecular weight is 640 g/mol. The lowest BCUT2D eigenvalue weighted by Crippen LogP contribution is -2.16. The van der Waals surface area contributed by atoms with Gasteiger partial charge in [0.1, 0.15) is 12.2 Å². The summed E-state index contributed by atoms with van der Waals surface area (Å²) in [5, 5.41) is 5.34. The standard InChI is InChI=1S/C24H17BrClIN2O4/c1-31-21-9-15(8-19(25)23(21)32-13-14-2-5-18(27)6-3-14)12-28-29-24(30)22-11-16-10-17(26)4-7-20(16)33-22/h2-12H,13H2,1H3,(H,29,30)/b28-12+. The maximum absolute atomic E-state index is 12.4. The van der Waals surface area contributed by atoms with Crippen molar-refractivity contribution in [2.75, 3.05) is 7.11 Å². The summed E-state index contributed by atoms with van der Waals surface area (Å²) >= 11 is 11.8. The third-order valence-electron chi connectivity index (χ3n) is 4.63. The lowest BCUT2D eigenvalue weighted by Gasteiger charge is -2.13. The van der Waals surface area contributed by atoms with E-state index >= 15 is 0 Å². The maximum atomic E-state index is 12.4. The Labute approximate surface area is 217 Å². The van der Waals surface area contributed by atoms with Crippen molar-refractivity contribution in [2.45, 2.75) is 6.61 Å². The molecule has 0 unspecified atom stereocenters. The molecule has 0 saturated carbocycles. The molecule has 0 radical (unpaired) electrons. The van der Waals surface area contributed by atoms with Gasteiger partial charge in [-0.3, -0.25) is 4.79 Å². The predicted octanol–water partition coefficient (Wildman–Crippen LogP) is 6.80. The van der Waals surface area contributed by atoms with E-state index in [0.29, 0.717) is 38.7 Å². The molecule has 3 aromatic carbocycles. The number of methoxy groups -OCH3 is 1. The number of rotatable bonds is 7. The second kappa shape index (κ2) is 10.6. The van der Waals surface area contributed by atoms with E-state index in [1.807, 2.05) is 30.3 Å². The van der Waals surface area contributed by atoms with Crippen LogP contribution >= 0.6 is 50.1 Å². The highest BCUT2D eigenvalue weighted by atomic mass is 127. The molecule has 4 rings (SSSR count). The van der Waals surface area contributed by atoms with Gasteiger partial charge in [0.15, 0.2) is 17.3 Å². The molecule has 0 aliphatic carbocycles. The Morgan fingerprint density at radius 3 is 2.73 bits per heavy atom. The third-order valence-corrected chi connectivity index (χ3v) is 6.17. The van der Waals surface area contributed by atoms with Crippen molar-refractivity contribution in [2.24, 2.45) is 5.10 Å². The Kier molecular flexibility index (Phi) is 7.56. The fraction of sp³-hybridized carbons (Fsp3) is 0.0833. The van der Waals surface area contributed by atoms with Gasteiger partial charge in [0.25, 0.3) is 0 Å². The van der Waals surface area contributed by atoms with E-state index < -0.39 is 5.91 Å². The highest BCUT2D eigenvalue weighted by Crippen LogP contribution is 2.37. The summed E-state index contributed by atoms with van der Waals surface area (Å²) in [7, 11) is 1.57. The largest absolute Gasteiger partial charge is 0.493 e. The van der Waals surface area contributed by atoms with Gasteiger partial charge in [-0.2, -0.15) is 5.10 Å². The Balaban J connectivity index is 1.44. The molecule has 1 amide bonds. The number of hydrogen-bond acceptors (Lipinski definition) is 5. The molecule has 0 bridgehead atoms. The Morgan fingerprint density at radius 1 is 1.18 bits per heavy atom. The van der Waals surface area contributed by atoms with Crippen LogP contribution in [-0.2, 0) is 6.61 Å². The lowest BCUT2D eigenvalue weighted by atomic mass is 10.2. The van der Waals surface area contributed by atoms with Gasteiger partial charge in [0.2, 0.25) is 0 Å². The summed E-state index contributed by atoms with van der Waals surface area (Å²) in [6, 6.07) is 18.4. The van der Waals surface area contributed by atoms with Gasteiger partial charge >= 0.3 is 5.91 Å². The lowest BCUT2D eigenvalue weighted by molar-refractivity contribution is 0.0929. The van der Waals surface area contributed by atoms with Gasteiger partial charge in [-0.1, -0.05) is 23.7 Å². The first-order valence-electron chi connectivity index (χ1n) is 9.70. The zero-order chi connectivity index (χ0) is 23.4. The second-order valence-corrected chi connectivity index (χ2v) is 9.48. The Morgan fingerprint density at radius 2 is 1.97 bits per heavy atom. The highest BCUT2D eigenvalue weighted by Gasteiger charge is 2.13. The molecule has 4 aromatic rings. The SMILES string of the molecule is COc1cc(/C=N/NC(=O)c2cc3cc(Cl)ccc3o2)cc(Br)c1OCc1ccc(I)cc1. The van der Waals surface area contributed by atoms with Crippen LogP contribution in [0.3, 0.4) is 0 Å². The summed E-state index contributed by atoms with van der Waals surface area (Å²) in [5.74, 6) is 0.791. The molecule has 0 fully saturated rings. The molecule has 1 N–H and O–H groups in total. The number of carbonyl (C=O) groups excluding carboxylic acids is 1. The number of hydrogen-bond donors (Lipinski definition) is 1. The Bertz CT molecular complexity index is 1340. The number of ether oxygens (including phenoxy) is 2. The molecule has 9 heteroatoms. The summed E-state index contributed by atoms with van der Waals surface area (Å²) in [5.41, 5.74) is 4.79. The minimum atomic E-state index is -0.470. The number of carbonyl (C=O) groups is 1. The smallest absolute Gasteiger partial charge is 0.307 e. The van der Waals surface area contributed by atoms with Crippen molar-refractivity contribution in [1.29, 1.82) is 0 Å². The van der Waals surface area contributed by atoms with E-state index in [4.69, 9.17) is 25.5 Å². The topological polar surface area (TPSA) is 73.1 Å². The van der Waals surface area contributed by atoms with Crippen molar-refractivity contribution in [3.05, 3.63) is 90.6 Å². The molecule has 0 atom stereocenters. The van der Waals surface area contributed by atoms with E-state index in [-0.39, 0.29) is 5.76 Å². The minimum absolute atomic E-state index is 0.141. The van der Waals surface area contributed by atoms with Crippen LogP contribution in [0, 0.1) is 3.57 Å². The molecule has 1 heterocycles. The zero-order valence-corrected chi connectivity index (χ0v) is 21.8. The van der Waals surface area contributed by atoms with E-state index in [1.54, 1.807) is 37.4 Å². The Hall–Kier alpha value is -2.56. The first kappa shape index (κ1) is 23.6. The first-order chi connectivity index (χ1) is 15.9. The molecule has 0 saturated heterocycles. The van der Waals surface area contributed by atoms with Crippen LogP contribution in [-0.4, -0.2) is 19.2 Å². The number of fused-ring (bicyclic) bond motifs is 1. The summed E-state index contributed by atoms with van der Waals surface area (Å²) < 4.78 is 18.9. The predicted molar refractivity (Wildman–Crippen MR) is 140 cm³/mol. The molecule has 0 aliphatic heterocycles. The summed E-state index contributed by atoms with van der Waals surface area (Å²) in [6.45, 7) is 0.401. The van der Waals surface area contributed by atoms with Gasteiger partial charge < -0.3 is 13.9 Å². The van der Waals surface area contributed by atoms with Gasteiger partial charge in [-0.25, -0.2) is 5.43 Å². The van der Waals surface area contributed by atoms with E-state index in [1.165, 1.54) is 6.21 Å². The van der Waals surface area contributed by atoms with Crippen molar-refractivity contribution >= 4 is 73.2 Å². The van der Waals surface area contributed by atoms with Crippen molar-refractivity contribution in [3.8, 4) is 11.5 Å². The monoisotopic (exact) mass is 638 g/mol. The average Bonchev–Trinajstić information content (AvgIpc) is 3.22. The van der Waals surface area contributed by atoms with E-state index in [0.717, 1.165) is 14.5 Å². The van der Waals surface area contributed by atoms with Crippen LogP contribution in [0.2, 0.25) is 5.02 Å². The number of benzene rings is 3. The number of nitrogens with zero attached hydrogens (tertiary/aromatic N) is 1. The molecular weight excluding hydrogens is 623 g/mol. The van der Waals surface area contributed by atoms with Crippen molar-refractivity contribution in [3.63, 3.8) is 0 Å². The fourth-order valence-electron chi connectivity index (χ4n) is 3.04. The highest BCUT2D eigenvalue weighted by molar-refractivity contribution is 14.1. The molecule has 1 aromatic heterocycles. The van der Waals surface area contributed by atoms with Crippen LogP contribution in [0.4, 0.5) is 0 Å². The van der Waals surface area contributed by atoms with E-state index in [2.05, 4.69) is 49.0 Å². The van der Waals surface area contributed by atoms with Crippen LogP contribution in [0.5, 0.6) is 11.5 Å². The van der Waals surface area contributed by atoms with E-state index in [9.17, 15) is 4.79 Å². The van der Waals surface area contributed by atoms with Gasteiger partial charge in [-0.15, -0.1) is 0 Å². The first-order valence-corrected chi connectivity index (χ1v) is 11.9. The molecule has 6 nitrogen and oxygen atoms in total. The summed E-state index contributed by atoms with van der Waals surface area (Å²) in [4.78, 5) is 12.4. The minimum Gasteiger partial charge on any atom is -0.493 e. The quantitative estimate of drug-likeness (QED) is 0.137. The van der Waals surface area contributed by atoms with Crippen LogP contribution in [0.1, 0.15) is 21.7 Å². The number of furan rings is 1. The van der Waals surface area contributed by atoms with Gasteiger partial charge in [0, 0.05) is 14.0 Å². The molecule has 0 aliphatic rings.